The van der Waals surface area contributed by atoms with Gasteiger partial charge in [0, 0.05) is 25.0 Å². The molecule has 1 aliphatic rings. The van der Waals surface area contributed by atoms with E-state index in [1.807, 2.05) is 17.5 Å². The molecule has 1 amide bonds. The number of methoxy groups -OCH3 is 1. The number of piperidine rings is 1. The van der Waals surface area contributed by atoms with Gasteiger partial charge >= 0.3 is 0 Å². The van der Waals surface area contributed by atoms with Crippen LogP contribution in [-0.2, 0) is 9.53 Å². The molecular weight excluding hydrogens is 284 g/mol. The third kappa shape index (κ3) is 5.41. The van der Waals surface area contributed by atoms with Gasteiger partial charge < -0.3 is 15.0 Å². The van der Waals surface area contributed by atoms with Crippen molar-refractivity contribution < 1.29 is 9.53 Å². The number of thiophene rings is 1. The lowest BCUT2D eigenvalue weighted by Crippen LogP contribution is -2.32. The topological polar surface area (TPSA) is 41.6 Å². The second-order valence-corrected chi connectivity index (χ2v) is 6.81. The van der Waals surface area contributed by atoms with Crippen LogP contribution in [0.15, 0.2) is 17.5 Å². The van der Waals surface area contributed by atoms with Gasteiger partial charge in [-0.25, -0.2) is 0 Å². The fourth-order valence-corrected chi connectivity index (χ4v) is 3.56. The predicted molar refractivity (Wildman–Crippen MR) is 86.5 cm³/mol. The first-order valence-electron chi connectivity index (χ1n) is 7.70. The van der Waals surface area contributed by atoms with Crippen LogP contribution in [-0.4, -0.2) is 44.6 Å². The van der Waals surface area contributed by atoms with Crippen molar-refractivity contribution >= 4 is 17.2 Å². The zero-order valence-electron chi connectivity index (χ0n) is 13.0. The van der Waals surface area contributed by atoms with Crippen LogP contribution in [0.3, 0.4) is 0 Å². The standard InChI is InChI=1S/C16H26N2O2S/c1-18-9-7-13(8-10-18)5-6-16(19)17-12-14(20-2)15-4-3-11-21-15/h3-4,11,13-14H,5-10,12H2,1-2H3,(H,17,19)/t14-/m0/s1. The van der Waals surface area contributed by atoms with Crippen LogP contribution in [0.25, 0.3) is 0 Å². The van der Waals surface area contributed by atoms with Gasteiger partial charge in [0.2, 0.25) is 5.91 Å². The van der Waals surface area contributed by atoms with Gasteiger partial charge in [0.1, 0.15) is 6.10 Å². The van der Waals surface area contributed by atoms with E-state index in [1.165, 1.54) is 12.8 Å². The van der Waals surface area contributed by atoms with E-state index in [0.717, 1.165) is 24.4 Å². The summed E-state index contributed by atoms with van der Waals surface area (Å²) in [7, 11) is 3.85. The second-order valence-electron chi connectivity index (χ2n) is 5.83. The summed E-state index contributed by atoms with van der Waals surface area (Å²) in [4.78, 5) is 15.5. The fraction of sp³-hybridized carbons (Fsp3) is 0.688. The lowest BCUT2D eigenvalue weighted by atomic mass is 9.92. The molecule has 21 heavy (non-hydrogen) atoms. The van der Waals surface area contributed by atoms with Crippen LogP contribution >= 0.6 is 11.3 Å². The first kappa shape index (κ1) is 16.5. The fourth-order valence-electron chi connectivity index (χ4n) is 2.76. The van der Waals surface area contributed by atoms with Gasteiger partial charge in [-0.15, -0.1) is 11.3 Å². The minimum absolute atomic E-state index is 0.0303. The first-order valence-corrected chi connectivity index (χ1v) is 8.58. The number of carbonyl (C=O) groups is 1. The molecule has 0 spiro atoms. The van der Waals surface area contributed by atoms with Crippen molar-refractivity contribution in [2.45, 2.75) is 31.8 Å². The molecule has 5 heteroatoms. The Kier molecular flexibility index (Phi) is 6.67. The Balaban J connectivity index is 1.65. The van der Waals surface area contributed by atoms with Crippen molar-refractivity contribution in [3.05, 3.63) is 22.4 Å². The molecule has 0 aliphatic carbocycles. The molecule has 118 valence electrons. The van der Waals surface area contributed by atoms with Crippen LogP contribution < -0.4 is 5.32 Å². The summed E-state index contributed by atoms with van der Waals surface area (Å²) in [6.07, 6.45) is 4.06. The van der Waals surface area contributed by atoms with E-state index in [2.05, 4.69) is 17.3 Å². The summed E-state index contributed by atoms with van der Waals surface area (Å²) in [5.74, 6) is 0.856. The highest BCUT2D eigenvalue weighted by atomic mass is 32.1. The largest absolute Gasteiger partial charge is 0.374 e. The molecule has 1 aliphatic heterocycles. The summed E-state index contributed by atoms with van der Waals surface area (Å²) in [5.41, 5.74) is 0. The SMILES string of the molecule is CO[C@@H](CNC(=O)CCC1CCN(C)CC1)c1cccs1. The number of hydrogen-bond donors (Lipinski definition) is 1. The molecule has 1 N–H and O–H groups in total. The van der Waals surface area contributed by atoms with Crippen molar-refractivity contribution in [1.29, 1.82) is 0 Å². The number of rotatable bonds is 7. The van der Waals surface area contributed by atoms with Gasteiger partial charge in [0.05, 0.1) is 0 Å². The molecule has 4 nitrogen and oxygen atoms in total. The zero-order chi connectivity index (χ0) is 15.1. The van der Waals surface area contributed by atoms with Crippen LogP contribution in [0.4, 0.5) is 0 Å². The lowest BCUT2D eigenvalue weighted by molar-refractivity contribution is -0.122. The van der Waals surface area contributed by atoms with Gasteiger partial charge in [-0.1, -0.05) is 6.07 Å². The summed E-state index contributed by atoms with van der Waals surface area (Å²) >= 11 is 1.66. The van der Waals surface area contributed by atoms with E-state index >= 15 is 0 Å². The number of ether oxygens (including phenoxy) is 1. The summed E-state index contributed by atoms with van der Waals surface area (Å²) < 4.78 is 5.44. The van der Waals surface area contributed by atoms with E-state index < -0.39 is 0 Å². The molecule has 1 fully saturated rings. The number of likely N-dealkylation sites (tertiary alicyclic amines) is 1. The quantitative estimate of drug-likeness (QED) is 0.842. The smallest absolute Gasteiger partial charge is 0.220 e. The summed E-state index contributed by atoms with van der Waals surface area (Å²) in [6, 6.07) is 4.05. The van der Waals surface area contributed by atoms with Crippen molar-refractivity contribution in [2.24, 2.45) is 5.92 Å². The highest BCUT2D eigenvalue weighted by Crippen LogP contribution is 2.22. The molecule has 0 radical (unpaired) electrons. The van der Waals surface area contributed by atoms with Crippen molar-refractivity contribution in [1.82, 2.24) is 10.2 Å². The Morgan fingerprint density at radius 3 is 2.90 bits per heavy atom. The Morgan fingerprint density at radius 2 is 2.29 bits per heavy atom. The van der Waals surface area contributed by atoms with E-state index in [4.69, 9.17) is 4.74 Å². The Labute approximate surface area is 131 Å². The van der Waals surface area contributed by atoms with E-state index in [0.29, 0.717) is 18.9 Å². The lowest BCUT2D eigenvalue weighted by Gasteiger charge is -2.28. The maximum atomic E-state index is 12.0. The van der Waals surface area contributed by atoms with Crippen LogP contribution in [0.5, 0.6) is 0 Å². The highest BCUT2D eigenvalue weighted by molar-refractivity contribution is 7.10. The van der Waals surface area contributed by atoms with Gasteiger partial charge in [0.25, 0.3) is 0 Å². The molecule has 1 aromatic rings. The Hall–Kier alpha value is -0.910. The molecule has 0 saturated carbocycles. The normalized spacial score (nSPS) is 18.6. The van der Waals surface area contributed by atoms with Gasteiger partial charge in [-0.2, -0.15) is 0 Å². The molecule has 2 heterocycles. The van der Waals surface area contributed by atoms with Crippen molar-refractivity contribution in [2.75, 3.05) is 33.8 Å². The molecule has 0 bridgehead atoms. The number of hydrogen-bond acceptors (Lipinski definition) is 4. The van der Waals surface area contributed by atoms with E-state index in [9.17, 15) is 4.79 Å². The average molecular weight is 310 g/mol. The average Bonchev–Trinajstić information content (AvgIpc) is 3.01. The van der Waals surface area contributed by atoms with E-state index in [-0.39, 0.29) is 12.0 Å². The predicted octanol–water partition coefficient (Wildman–Crippen LogP) is 2.67. The molecule has 0 unspecified atom stereocenters. The van der Waals surface area contributed by atoms with Crippen molar-refractivity contribution in [3.63, 3.8) is 0 Å². The summed E-state index contributed by atoms with van der Waals surface area (Å²) in [6.45, 7) is 2.88. The Morgan fingerprint density at radius 1 is 1.52 bits per heavy atom. The highest BCUT2D eigenvalue weighted by Gasteiger charge is 2.18. The maximum Gasteiger partial charge on any atom is 0.220 e. The molecule has 2 rings (SSSR count). The number of nitrogens with zero attached hydrogens (tertiary/aromatic N) is 1. The molecule has 1 aromatic heterocycles. The molecule has 0 aromatic carbocycles. The number of amides is 1. The third-order valence-corrected chi connectivity index (χ3v) is 5.21. The molecule has 1 atom stereocenters. The van der Waals surface area contributed by atoms with Gasteiger partial charge in [-0.3, -0.25) is 4.79 Å². The first-order chi connectivity index (χ1) is 10.2. The van der Waals surface area contributed by atoms with E-state index in [1.54, 1.807) is 18.4 Å². The zero-order valence-corrected chi connectivity index (χ0v) is 13.8. The maximum absolute atomic E-state index is 12.0. The van der Waals surface area contributed by atoms with Crippen molar-refractivity contribution in [3.8, 4) is 0 Å². The number of nitrogens with one attached hydrogen (secondary N) is 1. The van der Waals surface area contributed by atoms with Gasteiger partial charge in [0.15, 0.2) is 0 Å². The molecule has 1 saturated heterocycles. The third-order valence-electron chi connectivity index (χ3n) is 4.25. The minimum atomic E-state index is -0.0303. The summed E-state index contributed by atoms with van der Waals surface area (Å²) in [5, 5.41) is 5.03. The van der Waals surface area contributed by atoms with Gasteiger partial charge in [-0.05, 0) is 56.8 Å². The van der Waals surface area contributed by atoms with Crippen LogP contribution in [0.1, 0.15) is 36.7 Å². The second kappa shape index (κ2) is 8.51. The molecular formula is C16H26N2O2S. The van der Waals surface area contributed by atoms with Crippen LogP contribution in [0, 0.1) is 5.92 Å². The monoisotopic (exact) mass is 310 g/mol. The number of carbonyl (C=O) groups excluding carboxylic acids is 1. The minimum Gasteiger partial charge on any atom is -0.374 e. The Bertz CT molecular complexity index is 414. The van der Waals surface area contributed by atoms with Crippen LogP contribution in [0.2, 0.25) is 0 Å².